The van der Waals surface area contributed by atoms with Crippen LogP contribution in [0.25, 0.3) is 0 Å². The highest BCUT2D eigenvalue weighted by Crippen LogP contribution is 2.25. The summed E-state index contributed by atoms with van der Waals surface area (Å²) in [5.74, 6) is 1.41. The van der Waals surface area contributed by atoms with Gasteiger partial charge in [-0.2, -0.15) is 0 Å². The average Bonchev–Trinajstić information content (AvgIpc) is 2.73. The molecular formula is C21H25N3O5. The van der Waals surface area contributed by atoms with Crippen molar-refractivity contribution in [2.75, 3.05) is 33.4 Å². The third-order valence-corrected chi connectivity index (χ3v) is 4.92. The molecule has 0 aliphatic carbocycles. The fourth-order valence-corrected chi connectivity index (χ4v) is 3.34. The molecule has 29 heavy (non-hydrogen) atoms. The first-order chi connectivity index (χ1) is 14.0. The van der Waals surface area contributed by atoms with E-state index in [1.807, 2.05) is 35.2 Å². The molecule has 0 aromatic heterocycles. The molecule has 8 nitrogen and oxygen atoms in total. The minimum absolute atomic E-state index is 0.00274. The smallest absolute Gasteiger partial charge is 0.338 e. The Hall–Kier alpha value is -3.26. The van der Waals surface area contributed by atoms with Crippen LogP contribution in [0.3, 0.4) is 0 Å². The third-order valence-electron chi connectivity index (χ3n) is 4.92. The van der Waals surface area contributed by atoms with Gasteiger partial charge in [0.05, 0.1) is 13.7 Å². The van der Waals surface area contributed by atoms with Gasteiger partial charge in [-0.3, -0.25) is 10.0 Å². The van der Waals surface area contributed by atoms with Gasteiger partial charge in [0.1, 0.15) is 18.1 Å². The van der Waals surface area contributed by atoms with E-state index in [0.717, 1.165) is 29.7 Å². The third kappa shape index (κ3) is 4.97. The number of nitrogens with two attached hydrogens (primary N) is 1. The Morgan fingerprint density at radius 1 is 1.28 bits per heavy atom. The van der Waals surface area contributed by atoms with Crippen molar-refractivity contribution in [3.8, 4) is 11.5 Å². The maximum absolute atomic E-state index is 12.8. The maximum Gasteiger partial charge on any atom is 0.338 e. The van der Waals surface area contributed by atoms with Gasteiger partial charge in [0, 0.05) is 18.7 Å². The number of carbonyl (C=O) groups is 2. The molecule has 0 radical (unpaired) electrons. The molecule has 1 aliphatic heterocycles. The number of methoxy groups -OCH3 is 1. The van der Waals surface area contributed by atoms with Crippen molar-refractivity contribution >= 4 is 11.9 Å². The van der Waals surface area contributed by atoms with Crippen molar-refractivity contribution in [2.24, 2.45) is 5.73 Å². The highest BCUT2D eigenvalue weighted by Gasteiger charge is 2.24. The number of para-hydroxylation sites is 1. The van der Waals surface area contributed by atoms with Gasteiger partial charge < -0.3 is 20.1 Å². The number of hydroxylamine groups is 2. The van der Waals surface area contributed by atoms with Gasteiger partial charge >= 0.3 is 6.03 Å². The molecule has 0 atom stereocenters. The van der Waals surface area contributed by atoms with E-state index in [-0.39, 0.29) is 19.1 Å². The summed E-state index contributed by atoms with van der Waals surface area (Å²) in [4.78, 5) is 25.5. The molecule has 3 N–H and O–H groups in total. The molecule has 0 saturated carbocycles. The summed E-state index contributed by atoms with van der Waals surface area (Å²) >= 11 is 0. The predicted molar refractivity (Wildman–Crippen MR) is 106 cm³/mol. The van der Waals surface area contributed by atoms with Crippen molar-refractivity contribution in [3.05, 3.63) is 59.2 Å². The summed E-state index contributed by atoms with van der Waals surface area (Å²) in [7, 11) is 1.65. The summed E-state index contributed by atoms with van der Waals surface area (Å²) in [5.41, 5.74) is 7.62. The maximum atomic E-state index is 12.8. The summed E-state index contributed by atoms with van der Waals surface area (Å²) in [5, 5.41) is 9.64. The van der Waals surface area contributed by atoms with E-state index in [2.05, 4.69) is 0 Å². The van der Waals surface area contributed by atoms with E-state index in [1.54, 1.807) is 19.2 Å². The Kier molecular flexibility index (Phi) is 6.56. The van der Waals surface area contributed by atoms with Crippen molar-refractivity contribution in [1.29, 1.82) is 0 Å². The van der Waals surface area contributed by atoms with Crippen LogP contribution in [0.4, 0.5) is 4.79 Å². The first-order valence-electron chi connectivity index (χ1n) is 9.42. The molecule has 0 fully saturated rings. The lowest BCUT2D eigenvalue weighted by molar-refractivity contribution is -0.0464. The Labute approximate surface area is 169 Å². The number of fused-ring (bicyclic) bond motifs is 1. The summed E-state index contributed by atoms with van der Waals surface area (Å²) < 4.78 is 10.9. The van der Waals surface area contributed by atoms with Gasteiger partial charge in [0.15, 0.2) is 0 Å². The van der Waals surface area contributed by atoms with E-state index in [9.17, 15) is 14.8 Å². The van der Waals surface area contributed by atoms with Gasteiger partial charge in [0.25, 0.3) is 5.91 Å². The number of nitrogens with zero attached hydrogens (tertiary/aromatic N) is 2. The summed E-state index contributed by atoms with van der Waals surface area (Å²) in [6, 6.07) is 12.2. The van der Waals surface area contributed by atoms with Gasteiger partial charge in [-0.05, 0) is 48.2 Å². The lowest BCUT2D eigenvalue weighted by Gasteiger charge is -2.29. The first kappa shape index (κ1) is 20.5. The minimum Gasteiger partial charge on any atom is -0.496 e. The molecule has 2 aromatic rings. The van der Waals surface area contributed by atoms with Gasteiger partial charge in [-0.1, -0.05) is 18.2 Å². The molecule has 8 heteroatoms. The molecule has 1 heterocycles. The van der Waals surface area contributed by atoms with Crippen LogP contribution in [0.2, 0.25) is 0 Å². The van der Waals surface area contributed by atoms with Crippen LogP contribution in [0.1, 0.15) is 21.5 Å². The molecule has 0 spiro atoms. The fraction of sp³-hybridized carbons (Fsp3) is 0.333. The molecule has 2 aromatic carbocycles. The SMILES string of the molecule is COc1ccccc1CCN1CCc2cc(OCCN(O)C(N)=O)ccc2C1=O. The van der Waals surface area contributed by atoms with Crippen molar-refractivity contribution in [3.63, 3.8) is 0 Å². The zero-order valence-electron chi connectivity index (χ0n) is 16.3. The first-order valence-corrected chi connectivity index (χ1v) is 9.42. The summed E-state index contributed by atoms with van der Waals surface area (Å²) in [6.45, 7) is 1.31. The number of hydrogen-bond donors (Lipinski definition) is 2. The monoisotopic (exact) mass is 399 g/mol. The Morgan fingerprint density at radius 3 is 2.83 bits per heavy atom. The van der Waals surface area contributed by atoms with E-state index in [0.29, 0.717) is 29.5 Å². The molecule has 0 bridgehead atoms. The van der Waals surface area contributed by atoms with Crippen LogP contribution >= 0.6 is 0 Å². The molecule has 0 saturated heterocycles. The molecule has 3 amide bonds. The number of hydrogen-bond acceptors (Lipinski definition) is 5. The van der Waals surface area contributed by atoms with Crippen molar-refractivity contribution < 1.29 is 24.3 Å². The number of urea groups is 1. The number of carbonyl (C=O) groups excluding carboxylic acids is 2. The molecule has 154 valence electrons. The highest BCUT2D eigenvalue weighted by atomic mass is 16.5. The predicted octanol–water partition coefficient (Wildman–Crippen LogP) is 2.08. The number of ether oxygens (including phenoxy) is 2. The zero-order valence-corrected chi connectivity index (χ0v) is 16.3. The van der Waals surface area contributed by atoms with Crippen LogP contribution in [0, 0.1) is 0 Å². The largest absolute Gasteiger partial charge is 0.496 e. The van der Waals surface area contributed by atoms with Crippen LogP contribution in [0.5, 0.6) is 11.5 Å². The quantitative estimate of drug-likeness (QED) is 0.522. The lowest BCUT2D eigenvalue weighted by atomic mass is 9.98. The molecular weight excluding hydrogens is 374 g/mol. The Morgan fingerprint density at radius 2 is 2.07 bits per heavy atom. The minimum atomic E-state index is -0.933. The second kappa shape index (κ2) is 9.29. The number of amides is 3. The number of benzene rings is 2. The van der Waals surface area contributed by atoms with Gasteiger partial charge in [0.2, 0.25) is 0 Å². The molecule has 1 aliphatic rings. The van der Waals surface area contributed by atoms with E-state index in [1.165, 1.54) is 0 Å². The Balaban J connectivity index is 1.59. The number of rotatable bonds is 8. The standard InChI is InChI=1S/C21H25N3O5/c1-28-19-5-3-2-4-15(19)8-10-23-11-9-16-14-17(6-7-18(16)20(23)25)29-13-12-24(27)21(22)26/h2-7,14,27H,8-13H2,1H3,(H2,22,26). The number of primary amides is 1. The second-order valence-corrected chi connectivity index (χ2v) is 6.73. The van der Waals surface area contributed by atoms with Crippen LogP contribution in [-0.4, -0.2) is 60.5 Å². The van der Waals surface area contributed by atoms with Crippen LogP contribution in [-0.2, 0) is 12.8 Å². The topological polar surface area (TPSA) is 105 Å². The van der Waals surface area contributed by atoms with E-state index in [4.69, 9.17) is 15.2 Å². The lowest BCUT2D eigenvalue weighted by Crippen LogP contribution is -2.39. The van der Waals surface area contributed by atoms with Crippen molar-refractivity contribution in [2.45, 2.75) is 12.8 Å². The van der Waals surface area contributed by atoms with E-state index >= 15 is 0 Å². The van der Waals surface area contributed by atoms with Gasteiger partial charge in [-0.15, -0.1) is 0 Å². The van der Waals surface area contributed by atoms with Crippen LogP contribution in [0.15, 0.2) is 42.5 Å². The highest BCUT2D eigenvalue weighted by molar-refractivity contribution is 5.97. The van der Waals surface area contributed by atoms with Gasteiger partial charge in [-0.25, -0.2) is 9.86 Å². The summed E-state index contributed by atoms with van der Waals surface area (Å²) in [6.07, 6.45) is 1.46. The van der Waals surface area contributed by atoms with Crippen molar-refractivity contribution in [1.82, 2.24) is 9.96 Å². The Bertz CT molecular complexity index is 886. The van der Waals surface area contributed by atoms with E-state index < -0.39 is 6.03 Å². The normalized spacial score (nSPS) is 13.0. The average molecular weight is 399 g/mol. The molecule has 3 rings (SSSR count). The zero-order chi connectivity index (χ0) is 20.8. The fourth-order valence-electron chi connectivity index (χ4n) is 3.34. The second-order valence-electron chi connectivity index (χ2n) is 6.73. The molecule has 0 unspecified atom stereocenters. The van der Waals surface area contributed by atoms with Crippen LogP contribution < -0.4 is 15.2 Å².